The molecule has 4 nitrogen and oxygen atoms in total. The first kappa shape index (κ1) is 30.5. The highest BCUT2D eigenvalue weighted by atomic mass is 32.1. The molecule has 6 heteroatoms. The van der Waals surface area contributed by atoms with Crippen molar-refractivity contribution >= 4 is 77.5 Å². The van der Waals surface area contributed by atoms with Crippen LogP contribution in [0.15, 0.2) is 188 Å². The molecule has 0 amide bonds. The maximum atomic E-state index is 6.71. The van der Waals surface area contributed by atoms with Crippen LogP contribution in [0.25, 0.3) is 31.4 Å². The fraction of sp³-hybridized carbons (Fsp3) is 0. The van der Waals surface area contributed by atoms with Gasteiger partial charge in [0.15, 0.2) is 8.07 Å². The number of fused-ring (bicyclic) bond motifs is 5. The van der Waals surface area contributed by atoms with Gasteiger partial charge in [-0.3, -0.25) is 9.88 Å². The molecule has 1 aliphatic rings. The van der Waals surface area contributed by atoms with Gasteiger partial charge >= 0.3 is 0 Å². The Hall–Kier alpha value is -6.34. The summed E-state index contributed by atoms with van der Waals surface area (Å²) in [7, 11) is -2.93. The van der Waals surface area contributed by atoms with Crippen LogP contribution in [0.2, 0.25) is 0 Å². The van der Waals surface area contributed by atoms with E-state index in [1.807, 2.05) is 60.1 Å². The molecular weight excluding hydrogens is 671 g/mol. The number of aromatic nitrogens is 2. The predicted octanol–water partition coefficient (Wildman–Crippen LogP) is 9.46. The van der Waals surface area contributed by atoms with Gasteiger partial charge in [-0.05, 0) is 75.3 Å². The molecule has 0 aliphatic carbocycles. The van der Waals surface area contributed by atoms with Crippen LogP contribution in [0.5, 0.6) is 11.5 Å². The van der Waals surface area contributed by atoms with E-state index in [1.54, 1.807) is 0 Å². The van der Waals surface area contributed by atoms with Gasteiger partial charge in [0.1, 0.15) is 17.3 Å². The molecule has 0 saturated heterocycles. The standard InChI is InChI=1S/C46H31N3OSSi/c1-3-16-35(17-4-1)52(36-18-5-2-6-19-36)44-25-24-34(50-33-15-13-14-32(28-33)39-21-9-11-26-47-39)29-40(44)49(46-23-10-12-27-48-46)41-31-43-38(30-45(41)52)37-20-7-8-22-42(37)51-43/h1-31H. The lowest BCUT2D eigenvalue weighted by Gasteiger charge is -2.44. The highest BCUT2D eigenvalue weighted by Gasteiger charge is 2.49. The molecule has 246 valence electrons. The van der Waals surface area contributed by atoms with Crippen LogP contribution < -0.4 is 30.4 Å². The third-order valence-electron chi connectivity index (χ3n) is 10.1. The zero-order valence-electron chi connectivity index (χ0n) is 28.1. The highest BCUT2D eigenvalue weighted by molar-refractivity contribution is 7.26. The molecule has 4 heterocycles. The first-order chi connectivity index (χ1) is 25.8. The van der Waals surface area contributed by atoms with E-state index in [-0.39, 0.29) is 0 Å². The highest BCUT2D eigenvalue weighted by Crippen LogP contribution is 2.43. The van der Waals surface area contributed by atoms with Gasteiger partial charge in [0.2, 0.25) is 0 Å². The van der Waals surface area contributed by atoms with E-state index in [9.17, 15) is 0 Å². The Kier molecular flexibility index (Phi) is 7.30. The van der Waals surface area contributed by atoms with Crippen molar-refractivity contribution in [3.8, 4) is 22.8 Å². The molecule has 0 saturated carbocycles. The summed E-state index contributed by atoms with van der Waals surface area (Å²) in [6, 6.07) is 62.9. The van der Waals surface area contributed by atoms with Gasteiger partial charge in [0, 0.05) is 49.9 Å². The Morgan fingerprint density at radius 3 is 1.92 bits per heavy atom. The molecule has 0 fully saturated rings. The molecular formula is C46H31N3OSSi. The summed E-state index contributed by atoms with van der Waals surface area (Å²) in [4.78, 5) is 11.9. The fourth-order valence-corrected chi connectivity index (χ4v) is 14.1. The summed E-state index contributed by atoms with van der Waals surface area (Å²) in [5, 5.41) is 7.88. The summed E-state index contributed by atoms with van der Waals surface area (Å²) in [5.41, 5.74) is 4.14. The average Bonchev–Trinajstić information content (AvgIpc) is 3.58. The number of nitrogens with zero attached hydrogens (tertiary/aromatic N) is 3. The minimum atomic E-state index is -2.93. The van der Waals surface area contributed by atoms with E-state index in [4.69, 9.17) is 9.72 Å². The van der Waals surface area contributed by atoms with Gasteiger partial charge in [-0.2, -0.15) is 0 Å². The molecule has 52 heavy (non-hydrogen) atoms. The molecule has 9 aromatic rings. The van der Waals surface area contributed by atoms with Crippen LogP contribution in [0.4, 0.5) is 17.2 Å². The maximum Gasteiger partial charge on any atom is 0.184 e. The SMILES string of the molecule is c1ccc([Si]2(c3ccccc3)c3ccc(Oc4cccc(-c5ccccn5)c4)cc3N(c3ccccn3)c3cc4sc5ccccc5c4cc32)cc1. The number of thiophene rings is 1. The third kappa shape index (κ3) is 4.87. The zero-order chi connectivity index (χ0) is 34.5. The Balaban J connectivity index is 1.27. The van der Waals surface area contributed by atoms with E-state index in [0.29, 0.717) is 0 Å². The van der Waals surface area contributed by atoms with Crippen molar-refractivity contribution in [2.45, 2.75) is 0 Å². The van der Waals surface area contributed by atoms with Crippen LogP contribution in [0.3, 0.4) is 0 Å². The molecule has 1 aliphatic heterocycles. The van der Waals surface area contributed by atoms with Crippen LogP contribution >= 0.6 is 11.3 Å². The van der Waals surface area contributed by atoms with Crippen LogP contribution in [-0.2, 0) is 0 Å². The van der Waals surface area contributed by atoms with E-state index in [1.165, 1.54) is 40.9 Å². The minimum Gasteiger partial charge on any atom is -0.457 e. The second-order valence-electron chi connectivity index (χ2n) is 13.0. The van der Waals surface area contributed by atoms with Gasteiger partial charge in [-0.1, -0.05) is 115 Å². The third-order valence-corrected chi connectivity index (χ3v) is 16.0. The van der Waals surface area contributed by atoms with Crippen molar-refractivity contribution in [2.24, 2.45) is 0 Å². The van der Waals surface area contributed by atoms with E-state index in [0.717, 1.165) is 39.9 Å². The lowest BCUT2D eigenvalue weighted by atomic mass is 10.1. The average molecular weight is 702 g/mol. The Morgan fingerprint density at radius 1 is 0.481 bits per heavy atom. The van der Waals surface area contributed by atoms with Gasteiger partial charge < -0.3 is 4.74 Å². The van der Waals surface area contributed by atoms with Gasteiger partial charge in [0.25, 0.3) is 0 Å². The molecule has 0 unspecified atom stereocenters. The number of rotatable bonds is 6. The van der Waals surface area contributed by atoms with Gasteiger partial charge in [-0.15, -0.1) is 11.3 Å². The number of pyridine rings is 2. The Bertz CT molecular complexity index is 2680. The van der Waals surface area contributed by atoms with Crippen molar-refractivity contribution in [3.63, 3.8) is 0 Å². The smallest absolute Gasteiger partial charge is 0.184 e. The number of ether oxygens (including phenoxy) is 1. The van der Waals surface area contributed by atoms with Crippen molar-refractivity contribution in [2.75, 3.05) is 4.90 Å². The lowest BCUT2D eigenvalue weighted by molar-refractivity contribution is 0.483. The fourth-order valence-electron chi connectivity index (χ4n) is 7.88. The van der Waals surface area contributed by atoms with Crippen molar-refractivity contribution in [1.82, 2.24) is 9.97 Å². The quantitative estimate of drug-likeness (QED) is 0.162. The summed E-state index contributed by atoms with van der Waals surface area (Å²) in [6.45, 7) is 0. The van der Waals surface area contributed by atoms with Gasteiger partial charge in [-0.25, -0.2) is 4.98 Å². The largest absolute Gasteiger partial charge is 0.457 e. The molecule has 0 atom stereocenters. The van der Waals surface area contributed by atoms with E-state index >= 15 is 0 Å². The maximum absolute atomic E-state index is 6.71. The van der Waals surface area contributed by atoms with Crippen LogP contribution in [-0.4, -0.2) is 18.0 Å². The monoisotopic (exact) mass is 701 g/mol. The minimum absolute atomic E-state index is 0.755. The second kappa shape index (κ2) is 12.5. The summed E-state index contributed by atoms with van der Waals surface area (Å²) < 4.78 is 9.26. The molecule has 0 N–H and O–H groups in total. The number of anilines is 3. The normalized spacial score (nSPS) is 13.1. The number of benzene rings is 6. The summed E-state index contributed by atoms with van der Waals surface area (Å²) in [6.07, 6.45) is 3.70. The molecule has 10 rings (SSSR count). The van der Waals surface area contributed by atoms with Crippen LogP contribution in [0.1, 0.15) is 0 Å². The zero-order valence-corrected chi connectivity index (χ0v) is 29.9. The molecule has 3 aromatic heterocycles. The first-order valence-electron chi connectivity index (χ1n) is 17.4. The van der Waals surface area contributed by atoms with Crippen molar-refractivity contribution in [1.29, 1.82) is 0 Å². The Morgan fingerprint density at radius 2 is 1.17 bits per heavy atom. The second-order valence-corrected chi connectivity index (χ2v) is 17.8. The van der Waals surface area contributed by atoms with E-state index < -0.39 is 8.07 Å². The first-order valence-corrected chi connectivity index (χ1v) is 20.2. The summed E-state index contributed by atoms with van der Waals surface area (Å²) in [5.74, 6) is 2.38. The molecule has 0 bridgehead atoms. The molecule has 0 radical (unpaired) electrons. The van der Waals surface area contributed by atoms with Crippen molar-refractivity contribution < 1.29 is 4.74 Å². The van der Waals surface area contributed by atoms with Crippen LogP contribution in [0, 0.1) is 0 Å². The Labute approximate surface area is 306 Å². The lowest BCUT2D eigenvalue weighted by Crippen LogP contribution is -2.77. The number of hydrogen-bond acceptors (Lipinski definition) is 5. The molecule has 0 spiro atoms. The van der Waals surface area contributed by atoms with Crippen molar-refractivity contribution in [3.05, 3.63) is 188 Å². The van der Waals surface area contributed by atoms with Gasteiger partial charge in [0.05, 0.1) is 11.4 Å². The summed E-state index contributed by atoms with van der Waals surface area (Å²) >= 11 is 1.85. The number of hydrogen-bond donors (Lipinski definition) is 0. The molecule has 6 aromatic carbocycles. The topological polar surface area (TPSA) is 38.2 Å². The van der Waals surface area contributed by atoms with E-state index in [2.05, 4.69) is 149 Å². The predicted molar refractivity (Wildman–Crippen MR) is 219 cm³/mol.